The van der Waals surface area contributed by atoms with Gasteiger partial charge in [0.15, 0.2) is 5.43 Å². The number of benzene rings is 2. The predicted octanol–water partition coefficient (Wildman–Crippen LogP) is 3.33. The molecule has 0 aliphatic rings. The van der Waals surface area contributed by atoms with Crippen LogP contribution in [0.15, 0.2) is 65.6 Å². The maximum Gasteiger partial charge on any atom is 0.238 e. The van der Waals surface area contributed by atoms with E-state index in [1.54, 1.807) is 24.4 Å². The number of pyridine rings is 1. The molecule has 0 radical (unpaired) electrons. The summed E-state index contributed by atoms with van der Waals surface area (Å²) in [7, 11) is 0. The van der Waals surface area contributed by atoms with Crippen LogP contribution in [0.5, 0.6) is 11.5 Å². The third kappa shape index (κ3) is 3.05. The van der Waals surface area contributed by atoms with Gasteiger partial charge < -0.3 is 14.5 Å². The molecular weight excluding hydrogens is 266 g/mol. The Labute approximate surface area is 122 Å². The summed E-state index contributed by atoms with van der Waals surface area (Å²) in [5, 5.41) is 0.640. The second-order valence-electron chi connectivity index (χ2n) is 4.67. The molecule has 3 rings (SSSR count). The number of hydrogen-bond donors (Lipinski definition) is 1. The van der Waals surface area contributed by atoms with Crippen LogP contribution < -0.4 is 14.9 Å². The van der Waals surface area contributed by atoms with E-state index < -0.39 is 6.29 Å². The van der Waals surface area contributed by atoms with Gasteiger partial charge in [0.1, 0.15) is 11.5 Å². The topological polar surface area (TPSA) is 51.3 Å². The van der Waals surface area contributed by atoms with E-state index in [1.165, 1.54) is 6.07 Å². The Balaban J connectivity index is 1.77. The van der Waals surface area contributed by atoms with Crippen LogP contribution in [-0.2, 0) is 0 Å². The molecule has 2 aromatic carbocycles. The maximum atomic E-state index is 11.7. The zero-order chi connectivity index (χ0) is 14.7. The standard InChI is InChI=1S/C17H15NO3/c1-12(20-13-5-3-2-4-6-13)21-14-7-8-15-16(11-14)18-10-9-17(15)19/h2-12H,1H3,(H,18,19). The fourth-order valence-corrected chi connectivity index (χ4v) is 2.13. The number of para-hydroxylation sites is 1. The molecule has 106 valence electrons. The fourth-order valence-electron chi connectivity index (χ4n) is 2.13. The molecule has 1 atom stereocenters. The van der Waals surface area contributed by atoms with Gasteiger partial charge in [-0.15, -0.1) is 0 Å². The number of H-pyrrole nitrogens is 1. The van der Waals surface area contributed by atoms with E-state index in [0.29, 0.717) is 11.1 Å². The highest BCUT2D eigenvalue weighted by atomic mass is 16.7. The maximum absolute atomic E-state index is 11.7. The molecule has 4 heteroatoms. The first kappa shape index (κ1) is 13.2. The number of aromatic nitrogens is 1. The first-order chi connectivity index (χ1) is 10.2. The van der Waals surface area contributed by atoms with Crippen molar-refractivity contribution in [2.24, 2.45) is 0 Å². The van der Waals surface area contributed by atoms with Gasteiger partial charge in [0, 0.05) is 30.6 Å². The van der Waals surface area contributed by atoms with Gasteiger partial charge in [-0.1, -0.05) is 18.2 Å². The van der Waals surface area contributed by atoms with E-state index in [0.717, 1.165) is 11.3 Å². The molecule has 0 aliphatic carbocycles. The average molecular weight is 281 g/mol. The number of fused-ring (bicyclic) bond motifs is 1. The van der Waals surface area contributed by atoms with Gasteiger partial charge in [0.05, 0.1) is 5.52 Å². The molecule has 1 N–H and O–H groups in total. The van der Waals surface area contributed by atoms with Crippen LogP contribution in [0.4, 0.5) is 0 Å². The van der Waals surface area contributed by atoms with E-state index in [1.807, 2.05) is 37.3 Å². The van der Waals surface area contributed by atoms with Crippen molar-refractivity contribution < 1.29 is 9.47 Å². The zero-order valence-electron chi connectivity index (χ0n) is 11.6. The third-order valence-corrected chi connectivity index (χ3v) is 3.08. The minimum atomic E-state index is -0.430. The first-order valence-corrected chi connectivity index (χ1v) is 6.72. The van der Waals surface area contributed by atoms with Crippen molar-refractivity contribution in [3.8, 4) is 11.5 Å². The Morgan fingerprint density at radius 1 is 0.952 bits per heavy atom. The molecule has 21 heavy (non-hydrogen) atoms. The van der Waals surface area contributed by atoms with Crippen molar-refractivity contribution in [2.75, 3.05) is 0 Å². The number of aromatic amines is 1. The van der Waals surface area contributed by atoms with Crippen LogP contribution >= 0.6 is 0 Å². The van der Waals surface area contributed by atoms with Crippen LogP contribution in [0.1, 0.15) is 6.92 Å². The number of ether oxygens (including phenoxy) is 2. The Hall–Kier alpha value is -2.75. The van der Waals surface area contributed by atoms with Crippen molar-refractivity contribution >= 4 is 10.9 Å². The quantitative estimate of drug-likeness (QED) is 0.746. The molecular formula is C17H15NO3. The molecule has 0 aliphatic heterocycles. The van der Waals surface area contributed by atoms with E-state index >= 15 is 0 Å². The molecule has 0 spiro atoms. The summed E-state index contributed by atoms with van der Waals surface area (Å²) in [6.45, 7) is 1.82. The van der Waals surface area contributed by atoms with Crippen molar-refractivity contribution in [3.05, 3.63) is 71.0 Å². The predicted molar refractivity (Wildman–Crippen MR) is 81.7 cm³/mol. The summed E-state index contributed by atoms with van der Waals surface area (Å²) < 4.78 is 11.4. The van der Waals surface area contributed by atoms with Gasteiger partial charge in [-0.3, -0.25) is 4.79 Å². The molecule has 1 aromatic heterocycles. The number of hydrogen-bond acceptors (Lipinski definition) is 3. The summed E-state index contributed by atoms with van der Waals surface area (Å²) in [5.41, 5.74) is 0.732. The van der Waals surface area contributed by atoms with Crippen LogP contribution in [0.3, 0.4) is 0 Å². The second kappa shape index (κ2) is 5.71. The summed E-state index contributed by atoms with van der Waals surface area (Å²) in [6.07, 6.45) is 1.19. The molecule has 0 saturated heterocycles. The van der Waals surface area contributed by atoms with Gasteiger partial charge in [-0.25, -0.2) is 0 Å². The lowest BCUT2D eigenvalue weighted by atomic mass is 10.2. The first-order valence-electron chi connectivity index (χ1n) is 6.72. The van der Waals surface area contributed by atoms with Gasteiger partial charge in [-0.05, 0) is 24.3 Å². The van der Waals surface area contributed by atoms with Crippen molar-refractivity contribution in [1.29, 1.82) is 0 Å². The monoisotopic (exact) mass is 281 g/mol. The molecule has 0 saturated carbocycles. The Morgan fingerprint density at radius 3 is 2.52 bits per heavy atom. The van der Waals surface area contributed by atoms with Crippen LogP contribution in [0.2, 0.25) is 0 Å². The molecule has 1 heterocycles. The van der Waals surface area contributed by atoms with Gasteiger partial charge in [0.2, 0.25) is 6.29 Å². The van der Waals surface area contributed by atoms with Crippen molar-refractivity contribution in [3.63, 3.8) is 0 Å². The van der Waals surface area contributed by atoms with E-state index in [2.05, 4.69) is 4.98 Å². The lowest BCUT2D eigenvalue weighted by molar-refractivity contribution is 0.0224. The Bertz CT molecular complexity index is 796. The number of nitrogens with one attached hydrogen (secondary N) is 1. The van der Waals surface area contributed by atoms with E-state index in [4.69, 9.17) is 9.47 Å². The van der Waals surface area contributed by atoms with Crippen LogP contribution in [-0.4, -0.2) is 11.3 Å². The highest BCUT2D eigenvalue weighted by molar-refractivity contribution is 5.79. The van der Waals surface area contributed by atoms with Gasteiger partial charge in [-0.2, -0.15) is 0 Å². The smallest absolute Gasteiger partial charge is 0.238 e. The molecule has 0 amide bonds. The van der Waals surface area contributed by atoms with Gasteiger partial charge >= 0.3 is 0 Å². The van der Waals surface area contributed by atoms with E-state index in [-0.39, 0.29) is 5.43 Å². The summed E-state index contributed by atoms with van der Waals surface area (Å²) in [5.74, 6) is 1.40. The van der Waals surface area contributed by atoms with Crippen LogP contribution in [0.25, 0.3) is 10.9 Å². The summed E-state index contributed by atoms with van der Waals surface area (Å²) in [6, 6.07) is 16.3. The lowest BCUT2D eigenvalue weighted by Crippen LogP contribution is -2.19. The molecule has 0 bridgehead atoms. The molecule has 1 unspecified atom stereocenters. The largest absolute Gasteiger partial charge is 0.455 e. The highest BCUT2D eigenvalue weighted by Gasteiger charge is 2.07. The SMILES string of the molecule is CC(Oc1ccccc1)Oc1ccc2c(=O)cc[nH]c2c1. The average Bonchev–Trinajstić information content (AvgIpc) is 2.48. The summed E-state index contributed by atoms with van der Waals surface area (Å²) in [4.78, 5) is 14.7. The highest BCUT2D eigenvalue weighted by Crippen LogP contribution is 2.19. The van der Waals surface area contributed by atoms with E-state index in [9.17, 15) is 4.79 Å². The third-order valence-electron chi connectivity index (χ3n) is 3.08. The lowest BCUT2D eigenvalue weighted by Gasteiger charge is -2.16. The fraction of sp³-hybridized carbons (Fsp3) is 0.118. The second-order valence-corrected chi connectivity index (χ2v) is 4.67. The zero-order valence-corrected chi connectivity index (χ0v) is 11.6. The summed E-state index contributed by atoms with van der Waals surface area (Å²) >= 11 is 0. The van der Waals surface area contributed by atoms with Crippen molar-refractivity contribution in [2.45, 2.75) is 13.2 Å². The molecule has 0 fully saturated rings. The Morgan fingerprint density at radius 2 is 1.71 bits per heavy atom. The minimum absolute atomic E-state index is 0.0103. The van der Waals surface area contributed by atoms with Crippen molar-refractivity contribution in [1.82, 2.24) is 4.98 Å². The molecule has 4 nitrogen and oxygen atoms in total. The normalized spacial score (nSPS) is 12.0. The molecule has 3 aromatic rings. The Kier molecular flexibility index (Phi) is 3.60. The van der Waals surface area contributed by atoms with Gasteiger partial charge in [0.25, 0.3) is 0 Å². The van der Waals surface area contributed by atoms with Crippen LogP contribution in [0, 0.1) is 0 Å². The number of rotatable bonds is 4. The minimum Gasteiger partial charge on any atom is -0.455 e.